The highest BCUT2D eigenvalue weighted by Gasteiger charge is 1.95. The maximum Gasteiger partial charge on any atom is 0.186 e. The van der Waals surface area contributed by atoms with Crippen LogP contribution in [-0.2, 0) is 13.1 Å². The molecule has 0 saturated heterocycles. The second-order valence-corrected chi connectivity index (χ2v) is 2.37. The second kappa shape index (κ2) is 3.34. The highest BCUT2D eigenvalue weighted by Crippen LogP contribution is 1.90. The summed E-state index contributed by atoms with van der Waals surface area (Å²) in [6.07, 6.45) is 3.56. The molecule has 0 spiro atoms. The maximum absolute atomic E-state index is 11.0. The van der Waals surface area contributed by atoms with Crippen molar-refractivity contribution in [2.45, 2.75) is 20.0 Å². The highest BCUT2D eigenvalue weighted by molar-refractivity contribution is 5.09. The van der Waals surface area contributed by atoms with E-state index in [0.29, 0.717) is 12.1 Å². The molecule has 0 atom stereocenters. The lowest BCUT2D eigenvalue weighted by Crippen LogP contribution is -2.14. The van der Waals surface area contributed by atoms with Crippen LogP contribution < -0.4 is 11.2 Å². The van der Waals surface area contributed by atoms with Crippen LogP contribution in [0, 0.1) is 0 Å². The molecule has 2 N–H and O–H groups in total. The van der Waals surface area contributed by atoms with Gasteiger partial charge in [-0.05, 0) is 6.92 Å². The summed E-state index contributed by atoms with van der Waals surface area (Å²) in [5, 5.41) is 0. The quantitative estimate of drug-likeness (QED) is 0.663. The first-order chi connectivity index (χ1) is 5.27. The first-order valence-corrected chi connectivity index (χ1v) is 3.67. The number of hydrogen-bond donors (Lipinski definition) is 1. The number of nitrogens with two attached hydrogens (primary N) is 1. The van der Waals surface area contributed by atoms with Crippen LogP contribution in [0.3, 0.4) is 0 Å². The standard InChI is InChI=1S/C8H12N2O/c1-2-10-4-3-8(11)7(5-9)6-10/h3-4,6H,2,5,9H2,1H3. The predicted molar refractivity (Wildman–Crippen MR) is 44.3 cm³/mol. The normalized spacial score (nSPS) is 10.0. The van der Waals surface area contributed by atoms with Gasteiger partial charge in [-0.3, -0.25) is 4.79 Å². The number of aromatic nitrogens is 1. The third-order valence-corrected chi connectivity index (χ3v) is 1.64. The lowest BCUT2D eigenvalue weighted by atomic mass is 10.3. The van der Waals surface area contributed by atoms with E-state index in [0.717, 1.165) is 6.54 Å². The summed E-state index contributed by atoms with van der Waals surface area (Å²) in [5.41, 5.74) is 6.06. The highest BCUT2D eigenvalue weighted by atomic mass is 16.1. The zero-order chi connectivity index (χ0) is 8.27. The Balaban J connectivity index is 3.13. The second-order valence-electron chi connectivity index (χ2n) is 2.37. The van der Waals surface area contributed by atoms with Gasteiger partial charge in [0.1, 0.15) is 0 Å². The number of nitrogens with zero attached hydrogens (tertiary/aromatic N) is 1. The van der Waals surface area contributed by atoms with Gasteiger partial charge in [0, 0.05) is 37.1 Å². The van der Waals surface area contributed by atoms with Gasteiger partial charge in [-0.15, -0.1) is 0 Å². The van der Waals surface area contributed by atoms with Crippen molar-refractivity contribution in [2.75, 3.05) is 0 Å². The van der Waals surface area contributed by atoms with Gasteiger partial charge in [0.2, 0.25) is 0 Å². The molecule has 0 aliphatic heterocycles. The monoisotopic (exact) mass is 152 g/mol. The third kappa shape index (κ3) is 1.68. The van der Waals surface area contributed by atoms with Gasteiger partial charge in [0.15, 0.2) is 5.43 Å². The van der Waals surface area contributed by atoms with E-state index in [1.807, 2.05) is 11.5 Å². The maximum atomic E-state index is 11.0. The molecule has 3 heteroatoms. The lowest BCUT2D eigenvalue weighted by molar-refractivity contribution is 0.742. The van der Waals surface area contributed by atoms with Crippen LogP contribution in [0.4, 0.5) is 0 Å². The molecule has 0 aliphatic rings. The number of hydrogen-bond acceptors (Lipinski definition) is 2. The Labute approximate surface area is 65.5 Å². The number of aryl methyl sites for hydroxylation is 1. The summed E-state index contributed by atoms with van der Waals surface area (Å²) < 4.78 is 1.93. The van der Waals surface area contributed by atoms with Crippen molar-refractivity contribution >= 4 is 0 Å². The molecule has 0 aromatic carbocycles. The lowest BCUT2D eigenvalue weighted by Gasteiger charge is -2.02. The van der Waals surface area contributed by atoms with Gasteiger partial charge in [0.05, 0.1) is 0 Å². The topological polar surface area (TPSA) is 48.0 Å². The molecule has 0 radical (unpaired) electrons. The average molecular weight is 152 g/mol. The van der Waals surface area contributed by atoms with Crippen LogP contribution in [0.1, 0.15) is 12.5 Å². The fourth-order valence-electron chi connectivity index (χ4n) is 0.927. The molecule has 0 unspecified atom stereocenters. The molecular weight excluding hydrogens is 140 g/mol. The minimum absolute atomic E-state index is 0.0252. The SMILES string of the molecule is CCn1ccc(=O)c(CN)c1. The van der Waals surface area contributed by atoms with Crippen molar-refractivity contribution in [2.24, 2.45) is 5.73 Å². The molecule has 0 bridgehead atoms. The molecule has 0 aliphatic carbocycles. The Morgan fingerprint density at radius 3 is 2.91 bits per heavy atom. The minimum Gasteiger partial charge on any atom is -0.354 e. The summed E-state index contributed by atoms with van der Waals surface area (Å²) in [6.45, 7) is 3.21. The summed E-state index contributed by atoms with van der Waals surface area (Å²) >= 11 is 0. The van der Waals surface area contributed by atoms with Gasteiger partial charge in [-0.2, -0.15) is 0 Å². The summed E-state index contributed by atoms with van der Waals surface area (Å²) in [5.74, 6) is 0. The van der Waals surface area contributed by atoms with Gasteiger partial charge < -0.3 is 10.3 Å². The molecule has 1 rings (SSSR count). The predicted octanol–water partition coefficient (Wildman–Crippen LogP) is 0.327. The van der Waals surface area contributed by atoms with E-state index >= 15 is 0 Å². The summed E-state index contributed by atoms with van der Waals surface area (Å²) in [4.78, 5) is 11.0. The van der Waals surface area contributed by atoms with Crippen LogP contribution in [0.25, 0.3) is 0 Å². The number of pyridine rings is 1. The summed E-state index contributed by atoms with van der Waals surface area (Å²) in [6, 6.07) is 1.55. The van der Waals surface area contributed by atoms with Crippen molar-refractivity contribution in [1.29, 1.82) is 0 Å². The van der Waals surface area contributed by atoms with Crippen molar-refractivity contribution < 1.29 is 0 Å². The first-order valence-electron chi connectivity index (χ1n) is 3.67. The zero-order valence-corrected chi connectivity index (χ0v) is 6.58. The average Bonchev–Trinajstić information content (AvgIpc) is 2.05. The fraction of sp³-hybridized carbons (Fsp3) is 0.375. The largest absolute Gasteiger partial charge is 0.354 e. The Morgan fingerprint density at radius 2 is 2.36 bits per heavy atom. The van der Waals surface area contributed by atoms with E-state index in [-0.39, 0.29) is 5.43 Å². The Kier molecular flexibility index (Phi) is 2.44. The Hall–Kier alpha value is -1.09. The summed E-state index contributed by atoms with van der Waals surface area (Å²) in [7, 11) is 0. The van der Waals surface area contributed by atoms with Crippen LogP contribution in [0.15, 0.2) is 23.3 Å². The van der Waals surface area contributed by atoms with Crippen LogP contribution in [0.2, 0.25) is 0 Å². The molecule has 60 valence electrons. The smallest absolute Gasteiger partial charge is 0.186 e. The first kappa shape index (κ1) is 8.01. The van der Waals surface area contributed by atoms with Crippen molar-refractivity contribution in [3.63, 3.8) is 0 Å². The molecule has 0 saturated carbocycles. The van der Waals surface area contributed by atoms with Crippen molar-refractivity contribution in [3.8, 4) is 0 Å². The van der Waals surface area contributed by atoms with E-state index in [9.17, 15) is 4.79 Å². The van der Waals surface area contributed by atoms with Crippen molar-refractivity contribution in [1.82, 2.24) is 4.57 Å². The van der Waals surface area contributed by atoms with Gasteiger partial charge in [-0.25, -0.2) is 0 Å². The van der Waals surface area contributed by atoms with Gasteiger partial charge in [-0.1, -0.05) is 0 Å². The molecule has 1 heterocycles. The molecule has 0 fully saturated rings. The van der Waals surface area contributed by atoms with E-state index in [2.05, 4.69) is 0 Å². The zero-order valence-electron chi connectivity index (χ0n) is 6.58. The van der Waals surface area contributed by atoms with E-state index in [1.54, 1.807) is 18.5 Å². The van der Waals surface area contributed by atoms with E-state index in [4.69, 9.17) is 5.73 Å². The molecule has 3 nitrogen and oxygen atoms in total. The van der Waals surface area contributed by atoms with Gasteiger partial charge >= 0.3 is 0 Å². The molecule has 11 heavy (non-hydrogen) atoms. The Bertz CT molecular complexity index is 290. The third-order valence-electron chi connectivity index (χ3n) is 1.64. The van der Waals surface area contributed by atoms with E-state index in [1.165, 1.54) is 0 Å². The number of rotatable bonds is 2. The molecule has 1 aromatic heterocycles. The van der Waals surface area contributed by atoms with E-state index < -0.39 is 0 Å². The van der Waals surface area contributed by atoms with Gasteiger partial charge in [0.25, 0.3) is 0 Å². The van der Waals surface area contributed by atoms with Crippen LogP contribution >= 0.6 is 0 Å². The fourth-order valence-corrected chi connectivity index (χ4v) is 0.927. The molecule has 0 amide bonds. The van der Waals surface area contributed by atoms with Crippen LogP contribution in [0.5, 0.6) is 0 Å². The Morgan fingerprint density at radius 1 is 1.64 bits per heavy atom. The molecular formula is C8H12N2O. The van der Waals surface area contributed by atoms with Crippen LogP contribution in [-0.4, -0.2) is 4.57 Å². The minimum atomic E-state index is 0.0252. The molecule has 1 aromatic rings. The van der Waals surface area contributed by atoms with Crippen molar-refractivity contribution in [3.05, 3.63) is 34.2 Å².